The second kappa shape index (κ2) is 7.70. The number of aliphatic hydroxyl groups is 2. The van der Waals surface area contributed by atoms with Gasteiger partial charge in [-0.05, 0) is 33.9 Å². The van der Waals surface area contributed by atoms with Crippen molar-refractivity contribution in [3.05, 3.63) is 59.2 Å². The molecule has 3 rings (SSSR count). The van der Waals surface area contributed by atoms with Crippen LogP contribution in [0.15, 0.2) is 42.5 Å². The van der Waals surface area contributed by atoms with Crippen LogP contribution in [0.1, 0.15) is 16.7 Å². The predicted octanol–water partition coefficient (Wildman–Crippen LogP) is 2.17. The zero-order valence-corrected chi connectivity index (χ0v) is 13.2. The van der Waals surface area contributed by atoms with E-state index in [-0.39, 0.29) is 13.2 Å². The van der Waals surface area contributed by atoms with E-state index in [1.165, 1.54) is 5.56 Å². The summed E-state index contributed by atoms with van der Waals surface area (Å²) in [5.41, 5.74) is 5.06. The Kier molecular flexibility index (Phi) is 5.41. The van der Waals surface area contributed by atoms with E-state index in [0.29, 0.717) is 0 Å². The predicted molar refractivity (Wildman–Crippen MR) is 89.8 cm³/mol. The summed E-state index contributed by atoms with van der Waals surface area (Å²) in [5, 5.41) is 18.9. The van der Waals surface area contributed by atoms with E-state index in [1.54, 1.807) is 0 Å². The zero-order valence-electron chi connectivity index (χ0n) is 13.2. The van der Waals surface area contributed by atoms with Crippen molar-refractivity contribution in [1.82, 2.24) is 4.90 Å². The molecule has 2 aromatic carbocycles. The van der Waals surface area contributed by atoms with Crippen molar-refractivity contribution in [3.63, 3.8) is 0 Å². The maximum absolute atomic E-state index is 9.63. The average Bonchev–Trinajstić information content (AvgIpc) is 2.62. The molecule has 0 unspecified atom stereocenters. The number of nitrogens with zero attached hydrogens (tertiary/aromatic N) is 1. The van der Waals surface area contributed by atoms with Gasteiger partial charge in [0.15, 0.2) is 0 Å². The monoisotopic (exact) mass is 313 g/mol. The third-order valence-electron chi connectivity index (χ3n) is 4.27. The van der Waals surface area contributed by atoms with Gasteiger partial charge in [-0.25, -0.2) is 0 Å². The summed E-state index contributed by atoms with van der Waals surface area (Å²) in [7, 11) is 0. The molecule has 0 spiro atoms. The lowest BCUT2D eigenvalue weighted by Crippen LogP contribution is -2.35. The van der Waals surface area contributed by atoms with Gasteiger partial charge in [-0.2, -0.15) is 0 Å². The third kappa shape index (κ3) is 3.98. The van der Waals surface area contributed by atoms with Gasteiger partial charge in [0, 0.05) is 19.6 Å². The summed E-state index contributed by atoms with van der Waals surface area (Å²) in [6, 6.07) is 14.2. The van der Waals surface area contributed by atoms with Crippen LogP contribution in [0.5, 0.6) is 0 Å². The summed E-state index contributed by atoms with van der Waals surface area (Å²) in [6.45, 7) is 4.42. The topological polar surface area (TPSA) is 52.9 Å². The number of benzene rings is 2. The number of morpholine rings is 1. The van der Waals surface area contributed by atoms with Crippen molar-refractivity contribution in [2.45, 2.75) is 19.8 Å². The molecule has 2 aromatic rings. The SMILES string of the molecule is OCc1ccc(-c2cccc(CN3CCOCC3)c2)c(CO)c1. The molecule has 0 aliphatic carbocycles. The van der Waals surface area contributed by atoms with Crippen LogP contribution in [0.2, 0.25) is 0 Å². The van der Waals surface area contributed by atoms with E-state index >= 15 is 0 Å². The molecule has 122 valence electrons. The molecular weight excluding hydrogens is 290 g/mol. The molecule has 1 fully saturated rings. The Morgan fingerprint density at radius 2 is 1.74 bits per heavy atom. The maximum Gasteiger partial charge on any atom is 0.0687 e. The number of hydrogen-bond donors (Lipinski definition) is 2. The lowest BCUT2D eigenvalue weighted by Gasteiger charge is -2.26. The summed E-state index contributed by atoms with van der Waals surface area (Å²) >= 11 is 0. The lowest BCUT2D eigenvalue weighted by molar-refractivity contribution is 0.0342. The highest BCUT2D eigenvalue weighted by molar-refractivity contribution is 5.68. The molecule has 0 bridgehead atoms. The minimum atomic E-state index is -0.0309. The van der Waals surface area contributed by atoms with Crippen molar-refractivity contribution in [2.24, 2.45) is 0 Å². The second-order valence-electron chi connectivity index (χ2n) is 5.90. The Morgan fingerprint density at radius 3 is 2.48 bits per heavy atom. The standard InChI is InChI=1S/C19H23NO3/c21-13-16-4-5-19(18(11-16)14-22)17-3-1-2-15(10-17)12-20-6-8-23-9-7-20/h1-5,10-11,21-22H,6-9,12-14H2. The fourth-order valence-electron chi connectivity index (χ4n) is 3.01. The molecular formula is C19H23NO3. The van der Waals surface area contributed by atoms with E-state index in [0.717, 1.165) is 55.1 Å². The molecule has 0 radical (unpaired) electrons. The van der Waals surface area contributed by atoms with Gasteiger partial charge >= 0.3 is 0 Å². The van der Waals surface area contributed by atoms with Crippen LogP contribution in [0.3, 0.4) is 0 Å². The van der Waals surface area contributed by atoms with Crippen LogP contribution in [0.25, 0.3) is 11.1 Å². The molecule has 0 amide bonds. The molecule has 1 saturated heterocycles. The minimum absolute atomic E-state index is 0.00957. The highest BCUT2D eigenvalue weighted by Gasteiger charge is 2.12. The Bertz CT molecular complexity index is 651. The van der Waals surface area contributed by atoms with Gasteiger partial charge in [-0.1, -0.05) is 36.4 Å². The van der Waals surface area contributed by atoms with Gasteiger partial charge in [0.1, 0.15) is 0 Å². The normalized spacial score (nSPS) is 15.7. The van der Waals surface area contributed by atoms with E-state index < -0.39 is 0 Å². The molecule has 23 heavy (non-hydrogen) atoms. The van der Waals surface area contributed by atoms with Crippen LogP contribution in [-0.2, 0) is 24.5 Å². The van der Waals surface area contributed by atoms with Crippen molar-refractivity contribution in [3.8, 4) is 11.1 Å². The first-order valence-corrected chi connectivity index (χ1v) is 8.03. The Labute approximate surface area is 136 Å². The third-order valence-corrected chi connectivity index (χ3v) is 4.27. The van der Waals surface area contributed by atoms with Crippen LogP contribution < -0.4 is 0 Å². The first-order valence-electron chi connectivity index (χ1n) is 8.03. The first kappa shape index (κ1) is 16.1. The van der Waals surface area contributed by atoms with E-state index in [2.05, 4.69) is 29.2 Å². The number of aliphatic hydroxyl groups excluding tert-OH is 2. The van der Waals surface area contributed by atoms with Crippen molar-refractivity contribution in [2.75, 3.05) is 26.3 Å². The fourth-order valence-corrected chi connectivity index (χ4v) is 3.01. The van der Waals surface area contributed by atoms with Crippen molar-refractivity contribution < 1.29 is 14.9 Å². The van der Waals surface area contributed by atoms with Gasteiger partial charge < -0.3 is 14.9 Å². The number of rotatable bonds is 5. The fraction of sp³-hybridized carbons (Fsp3) is 0.368. The van der Waals surface area contributed by atoms with Crippen LogP contribution in [-0.4, -0.2) is 41.4 Å². The Balaban J connectivity index is 1.84. The van der Waals surface area contributed by atoms with E-state index in [4.69, 9.17) is 4.74 Å². The molecule has 2 N–H and O–H groups in total. The molecule has 0 atom stereocenters. The molecule has 1 aliphatic heterocycles. The quantitative estimate of drug-likeness (QED) is 0.888. The Morgan fingerprint density at radius 1 is 0.913 bits per heavy atom. The average molecular weight is 313 g/mol. The smallest absolute Gasteiger partial charge is 0.0687 e. The maximum atomic E-state index is 9.63. The molecule has 1 aliphatic rings. The van der Waals surface area contributed by atoms with Crippen LogP contribution in [0.4, 0.5) is 0 Å². The summed E-state index contributed by atoms with van der Waals surface area (Å²) in [4.78, 5) is 2.39. The lowest BCUT2D eigenvalue weighted by atomic mass is 9.96. The zero-order chi connectivity index (χ0) is 16.1. The highest BCUT2D eigenvalue weighted by atomic mass is 16.5. The van der Waals surface area contributed by atoms with Gasteiger partial charge in [0.05, 0.1) is 26.4 Å². The highest BCUT2D eigenvalue weighted by Crippen LogP contribution is 2.26. The summed E-state index contributed by atoms with van der Waals surface area (Å²) < 4.78 is 5.39. The Hall–Kier alpha value is -1.72. The summed E-state index contributed by atoms with van der Waals surface area (Å²) in [5.74, 6) is 0. The molecule has 4 heteroatoms. The molecule has 0 saturated carbocycles. The molecule has 1 heterocycles. The van der Waals surface area contributed by atoms with Crippen molar-refractivity contribution in [1.29, 1.82) is 0 Å². The summed E-state index contributed by atoms with van der Waals surface area (Å²) in [6.07, 6.45) is 0. The largest absolute Gasteiger partial charge is 0.392 e. The van der Waals surface area contributed by atoms with Gasteiger partial charge in [-0.3, -0.25) is 4.90 Å². The van der Waals surface area contributed by atoms with Crippen LogP contribution >= 0.6 is 0 Å². The van der Waals surface area contributed by atoms with Gasteiger partial charge in [-0.15, -0.1) is 0 Å². The molecule has 0 aromatic heterocycles. The number of hydrogen-bond acceptors (Lipinski definition) is 4. The minimum Gasteiger partial charge on any atom is -0.392 e. The van der Waals surface area contributed by atoms with Crippen molar-refractivity contribution >= 4 is 0 Å². The van der Waals surface area contributed by atoms with Gasteiger partial charge in [0.2, 0.25) is 0 Å². The second-order valence-corrected chi connectivity index (χ2v) is 5.90. The molecule has 4 nitrogen and oxygen atoms in total. The van der Waals surface area contributed by atoms with Crippen LogP contribution in [0, 0.1) is 0 Å². The number of ether oxygens (including phenoxy) is 1. The van der Waals surface area contributed by atoms with E-state index in [1.807, 2.05) is 18.2 Å². The first-order chi connectivity index (χ1) is 11.3. The van der Waals surface area contributed by atoms with E-state index in [9.17, 15) is 10.2 Å². The van der Waals surface area contributed by atoms with Gasteiger partial charge in [0.25, 0.3) is 0 Å².